The molecule has 0 aromatic rings. The Morgan fingerprint density at radius 3 is 1.43 bits per heavy atom. The summed E-state index contributed by atoms with van der Waals surface area (Å²) in [5.74, 6) is 0. The third-order valence-corrected chi connectivity index (χ3v) is 0.129. The fourth-order valence-corrected chi connectivity index (χ4v) is 0. The van der Waals surface area contributed by atoms with Gasteiger partial charge in [0.2, 0.25) is 0 Å². The number of rotatable bonds is 1. The number of halogens is 2. The summed E-state index contributed by atoms with van der Waals surface area (Å²) in [6, 6.07) is 0. The quantitative estimate of drug-likeness (QED) is 0.386. The Bertz CT molecular complexity index is 17.7. The van der Waals surface area contributed by atoms with Gasteiger partial charge in [-0.05, 0) is 0 Å². The Morgan fingerprint density at radius 1 is 1.29 bits per heavy atom. The number of aliphatic hydroxyl groups excluding tert-OH is 1. The van der Waals surface area contributed by atoms with Crippen molar-refractivity contribution in [2.24, 2.45) is 5.73 Å². The molecule has 5 heteroatoms. The molecule has 0 aromatic heterocycles. The van der Waals surface area contributed by atoms with Crippen LogP contribution in [0.4, 0.5) is 0 Å². The van der Waals surface area contributed by atoms with E-state index >= 15 is 0 Å². The first kappa shape index (κ1) is 23.3. The molecule has 0 saturated heterocycles. The molecule has 42 valence electrons. The predicted octanol–water partition coefficient (Wildman–Crippen LogP) is -7.44. The van der Waals surface area contributed by atoms with Crippen LogP contribution in [0, 0.1) is 0 Å². The topological polar surface area (TPSA) is 46.2 Å². The smallest absolute Gasteiger partial charge is 1.00 e. The van der Waals surface area contributed by atoms with Gasteiger partial charge in [0.05, 0.1) is 6.61 Å². The number of aliphatic hydroxyl groups is 1. The van der Waals surface area contributed by atoms with Crippen molar-refractivity contribution < 1.29 is 29.9 Å². The first-order chi connectivity index (χ1) is 1.91. The third-order valence-electron chi connectivity index (χ3n) is 0.129. The molecule has 0 spiro atoms. The van der Waals surface area contributed by atoms with E-state index in [1.165, 1.54) is 0 Å². The van der Waals surface area contributed by atoms with E-state index in [1.807, 2.05) is 0 Å². The number of nitrogens with two attached hydrogens (primary N) is 1. The van der Waals surface area contributed by atoms with Crippen molar-refractivity contribution in [3.05, 3.63) is 0 Å². The average Bonchev–Trinajstić information content (AvgIpc) is 1.37. The van der Waals surface area contributed by atoms with E-state index in [-0.39, 0.29) is 69.2 Å². The van der Waals surface area contributed by atoms with E-state index in [0.717, 1.165) is 0 Å². The van der Waals surface area contributed by atoms with Crippen LogP contribution in [0.1, 0.15) is 0 Å². The van der Waals surface area contributed by atoms with E-state index in [0.29, 0.717) is 6.54 Å². The molecule has 0 rings (SSSR count). The van der Waals surface area contributed by atoms with Crippen LogP contribution in [0.2, 0.25) is 0 Å². The molecule has 2 nitrogen and oxygen atoms in total. The van der Waals surface area contributed by atoms with Gasteiger partial charge >= 0.3 is 37.7 Å². The van der Waals surface area contributed by atoms with Crippen LogP contribution in [0.3, 0.4) is 0 Å². The van der Waals surface area contributed by atoms with Crippen LogP contribution in [-0.2, 0) is 0 Å². The first-order valence-electron chi connectivity index (χ1n) is 1.22. The molecule has 0 fully saturated rings. The van der Waals surface area contributed by atoms with Gasteiger partial charge in [-0.15, -0.1) is 0 Å². The van der Waals surface area contributed by atoms with E-state index < -0.39 is 0 Å². The minimum absolute atomic E-state index is 0. The zero-order valence-corrected chi connectivity index (χ0v) is 7.62. The van der Waals surface area contributed by atoms with Crippen molar-refractivity contribution in [3.8, 4) is 0 Å². The van der Waals surface area contributed by atoms with Crippen LogP contribution in [0.25, 0.3) is 0 Å². The summed E-state index contributed by atoms with van der Waals surface area (Å²) in [4.78, 5) is 0. The van der Waals surface area contributed by atoms with Gasteiger partial charge < -0.3 is 35.7 Å². The van der Waals surface area contributed by atoms with Crippen molar-refractivity contribution in [1.29, 1.82) is 0 Å². The summed E-state index contributed by atoms with van der Waals surface area (Å²) in [5, 5.41) is 7.75. The van der Waals surface area contributed by atoms with Gasteiger partial charge in [-0.2, -0.15) is 0 Å². The van der Waals surface area contributed by atoms with Gasteiger partial charge in [-0.25, -0.2) is 0 Å². The van der Waals surface area contributed by atoms with Gasteiger partial charge in [-0.1, -0.05) is 0 Å². The Kier molecular flexibility index (Phi) is 83.4. The maximum atomic E-state index is 7.75. The van der Waals surface area contributed by atoms with Crippen LogP contribution in [0.15, 0.2) is 0 Å². The summed E-state index contributed by atoms with van der Waals surface area (Å²) in [6.07, 6.45) is 0. The van der Waals surface area contributed by atoms with Crippen molar-refractivity contribution in [1.82, 2.24) is 0 Å². The predicted molar refractivity (Wildman–Crippen MR) is 21.9 cm³/mol. The Hall–Kier alpha value is 1.76. The fraction of sp³-hybridized carbons (Fsp3) is 1.00. The number of hydrogen-bond donors (Lipinski definition) is 2. The molecule has 3 N–H and O–H groups in total. The van der Waals surface area contributed by atoms with Crippen molar-refractivity contribution in [3.63, 3.8) is 0 Å². The first-order valence-corrected chi connectivity index (χ1v) is 1.22. The second kappa shape index (κ2) is 25.1. The van der Waals surface area contributed by atoms with E-state index in [2.05, 4.69) is 0 Å². The molecule has 0 amide bonds. The molecule has 0 radical (unpaired) electrons. The van der Waals surface area contributed by atoms with Gasteiger partial charge in [0.25, 0.3) is 0 Å². The van der Waals surface area contributed by atoms with Crippen molar-refractivity contribution in [2.45, 2.75) is 0 Å². The minimum atomic E-state index is 0. The molecule has 0 saturated carbocycles. The van der Waals surface area contributed by atoms with Crippen molar-refractivity contribution in [2.75, 3.05) is 13.2 Å². The van der Waals surface area contributed by atoms with E-state index in [1.54, 1.807) is 0 Å². The summed E-state index contributed by atoms with van der Waals surface area (Å²) >= 11 is 0. The van der Waals surface area contributed by atoms with Crippen LogP contribution in [0.5, 0.6) is 0 Å². The SMILES string of the molecule is NCCO.[Ca+2].[Cl-].[Cl-]. The van der Waals surface area contributed by atoms with Crippen molar-refractivity contribution >= 4 is 37.7 Å². The second-order valence-electron chi connectivity index (χ2n) is 0.512. The zero-order chi connectivity index (χ0) is 3.41. The molecular formula is C2H7CaCl2NO. The summed E-state index contributed by atoms with van der Waals surface area (Å²) < 4.78 is 0. The zero-order valence-electron chi connectivity index (χ0n) is 3.90. The largest absolute Gasteiger partial charge is 2.00 e. The molecule has 0 heterocycles. The molecule has 0 bridgehead atoms. The molecule has 0 aliphatic heterocycles. The molecule has 0 aromatic carbocycles. The van der Waals surface area contributed by atoms with Crippen LogP contribution in [-0.4, -0.2) is 56.0 Å². The fourth-order valence-electron chi connectivity index (χ4n) is 0. The third kappa shape index (κ3) is 33.8. The van der Waals surface area contributed by atoms with Crippen LogP contribution < -0.4 is 30.5 Å². The second-order valence-corrected chi connectivity index (χ2v) is 0.512. The standard InChI is InChI=1S/C2H7NO.Ca.2ClH/c3-1-2-4;;;/h4H,1-3H2;;2*1H/q;+2;;/p-2. The normalized spacial score (nSPS) is 4.29. The Morgan fingerprint density at radius 2 is 1.43 bits per heavy atom. The van der Waals surface area contributed by atoms with Gasteiger partial charge in [-0.3, -0.25) is 0 Å². The summed E-state index contributed by atoms with van der Waals surface area (Å²) in [5.41, 5.74) is 4.78. The molecule has 0 unspecified atom stereocenters. The number of hydrogen-bond acceptors (Lipinski definition) is 2. The Labute approximate surface area is 85.7 Å². The molecule has 0 aliphatic carbocycles. The van der Waals surface area contributed by atoms with E-state index in [9.17, 15) is 0 Å². The molecule has 0 atom stereocenters. The van der Waals surface area contributed by atoms with Crippen LogP contribution >= 0.6 is 0 Å². The average molecular weight is 172 g/mol. The summed E-state index contributed by atoms with van der Waals surface area (Å²) in [7, 11) is 0. The van der Waals surface area contributed by atoms with Gasteiger partial charge in [0, 0.05) is 6.54 Å². The molecular weight excluding hydrogens is 165 g/mol. The van der Waals surface area contributed by atoms with Gasteiger partial charge in [0.1, 0.15) is 0 Å². The molecule has 0 aliphatic rings. The maximum Gasteiger partial charge on any atom is 2.00 e. The van der Waals surface area contributed by atoms with Gasteiger partial charge in [0.15, 0.2) is 0 Å². The monoisotopic (exact) mass is 171 g/mol. The van der Waals surface area contributed by atoms with E-state index in [4.69, 9.17) is 10.8 Å². The maximum absolute atomic E-state index is 7.75. The molecule has 7 heavy (non-hydrogen) atoms. The summed E-state index contributed by atoms with van der Waals surface area (Å²) in [6.45, 7) is 0.472. The Balaban J connectivity index is -0.0000000150. The minimum Gasteiger partial charge on any atom is -1.00 e.